The summed E-state index contributed by atoms with van der Waals surface area (Å²) in [4.78, 5) is 4.34. The topological polar surface area (TPSA) is 102 Å². The molecule has 0 spiro atoms. The van der Waals surface area contributed by atoms with Crippen molar-refractivity contribution in [2.45, 2.75) is 6.42 Å². The first-order valence-corrected chi connectivity index (χ1v) is 6.46. The lowest BCUT2D eigenvalue weighted by Crippen LogP contribution is -2.34. The molecule has 104 valence electrons. The fourth-order valence-corrected chi connectivity index (χ4v) is 2.32. The summed E-state index contributed by atoms with van der Waals surface area (Å²) in [6.07, 6.45) is 2.55. The number of hydrogen-bond donors (Lipinski definition) is 3. The third-order valence-corrected chi connectivity index (χ3v) is 3.30. The smallest absolute Gasteiger partial charge is 0.162 e. The van der Waals surface area contributed by atoms with Crippen LogP contribution in [0.3, 0.4) is 0 Å². The first-order valence-electron chi connectivity index (χ1n) is 6.46. The van der Waals surface area contributed by atoms with Crippen molar-refractivity contribution in [2.24, 2.45) is 5.73 Å². The highest BCUT2D eigenvalue weighted by molar-refractivity contribution is 5.99. The van der Waals surface area contributed by atoms with Gasteiger partial charge < -0.3 is 15.7 Å². The van der Waals surface area contributed by atoms with Crippen molar-refractivity contribution in [3.63, 3.8) is 0 Å². The van der Waals surface area contributed by atoms with Crippen LogP contribution in [0.2, 0.25) is 0 Å². The number of aromatic nitrogens is 2. The van der Waals surface area contributed by atoms with Crippen LogP contribution in [-0.2, 0) is 0 Å². The van der Waals surface area contributed by atoms with E-state index < -0.39 is 0 Å². The van der Waals surface area contributed by atoms with Crippen LogP contribution in [0.15, 0.2) is 12.3 Å². The predicted molar refractivity (Wildman–Crippen MR) is 73.4 cm³/mol. The number of aliphatic hydroxyl groups is 1. The average Bonchev–Trinajstić information content (AvgIpc) is 2.65. The second-order valence-electron chi connectivity index (χ2n) is 4.59. The van der Waals surface area contributed by atoms with Gasteiger partial charge in [-0.05, 0) is 19.0 Å². The number of nitrogens with two attached hydrogens (primary N) is 1. The monoisotopic (exact) mass is 264 g/mol. The van der Waals surface area contributed by atoms with Crippen LogP contribution >= 0.6 is 0 Å². The summed E-state index contributed by atoms with van der Waals surface area (Å²) >= 11 is 0. The Labute approximate surface area is 112 Å². The van der Waals surface area contributed by atoms with E-state index in [0.717, 1.165) is 32.6 Å². The molecule has 0 saturated carbocycles. The van der Waals surface area contributed by atoms with E-state index in [1.807, 2.05) is 0 Å². The lowest BCUT2D eigenvalue weighted by Gasteiger charge is -2.23. The van der Waals surface area contributed by atoms with Crippen molar-refractivity contribution in [1.82, 2.24) is 15.1 Å². The van der Waals surface area contributed by atoms with Gasteiger partial charge in [-0.15, -0.1) is 5.10 Å². The van der Waals surface area contributed by atoms with Gasteiger partial charge in [0, 0.05) is 26.2 Å². The number of amidine groups is 1. The maximum absolute atomic E-state index is 8.99. The third kappa shape index (κ3) is 3.39. The zero-order valence-electron chi connectivity index (χ0n) is 10.9. The molecule has 2 heterocycles. The Morgan fingerprint density at radius 1 is 1.37 bits per heavy atom. The van der Waals surface area contributed by atoms with E-state index in [0.29, 0.717) is 17.9 Å². The minimum atomic E-state index is 0.0151. The SMILES string of the molecule is N=C(N)c1ccnnc1N1CCCN(CCO)CC1. The molecule has 7 nitrogen and oxygen atoms in total. The molecule has 2 rings (SSSR count). The molecule has 0 aromatic carbocycles. The second kappa shape index (κ2) is 6.44. The van der Waals surface area contributed by atoms with Crippen molar-refractivity contribution < 1.29 is 5.11 Å². The second-order valence-corrected chi connectivity index (χ2v) is 4.59. The normalized spacial score (nSPS) is 17.2. The third-order valence-electron chi connectivity index (χ3n) is 3.30. The van der Waals surface area contributed by atoms with E-state index in [1.165, 1.54) is 0 Å². The summed E-state index contributed by atoms with van der Waals surface area (Å²) < 4.78 is 0. The van der Waals surface area contributed by atoms with Gasteiger partial charge in [-0.3, -0.25) is 10.3 Å². The maximum atomic E-state index is 8.99. The Bertz CT molecular complexity index is 438. The summed E-state index contributed by atoms with van der Waals surface area (Å²) in [6.45, 7) is 4.39. The average molecular weight is 264 g/mol. The van der Waals surface area contributed by atoms with Crippen LogP contribution in [0.25, 0.3) is 0 Å². The van der Waals surface area contributed by atoms with E-state index in [2.05, 4.69) is 20.0 Å². The number of hydrogen-bond acceptors (Lipinski definition) is 6. The Kier molecular flexibility index (Phi) is 4.64. The molecular formula is C12H20N6O. The molecule has 1 saturated heterocycles. The molecule has 7 heteroatoms. The van der Waals surface area contributed by atoms with Crippen LogP contribution in [0.1, 0.15) is 12.0 Å². The Balaban J connectivity index is 2.12. The highest BCUT2D eigenvalue weighted by atomic mass is 16.3. The molecular weight excluding hydrogens is 244 g/mol. The molecule has 1 aliphatic heterocycles. The van der Waals surface area contributed by atoms with Gasteiger partial charge in [-0.1, -0.05) is 0 Å². The molecule has 1 fully saturated rings. The highest BCUT2D eigenvalue weighted by Gasteiger charge is 2.19. The molecule has 1 aromatic heterocycles. The number of nitrogens with one attached hydrogen (secondary N) is 1. The highest BCUT2D eigenvalue weighted by Crippen LogP contribution is 2.17. The number of aliphatic hydroxyl groups excluding tert-OH is 1. The summed E-state index contributed by atoms with van der Waals surface area (Å²) in [5.41, 5.74) is 6.21. The molecule has 0 bridgehead atoms. The lowest BCUT2D eigenvalue weighted by molar-refractivity contribution is 0.204. The Morgan fingerprint density at radius 3 is 2.95 bits per heavy atom. The minimum absolute atomic E-state index is 0.0151. The summed E-state index contributed by atoms with van der Waals surface area (Å²) in [6, 6.07) is 1.72. The van der Waals surface area contributed by atoms with Crippen molar-refractivity contribution in [2.75, 3.05) is 44.2 Å². The predicted octanol–water partition coefficient (Wildman–Crippen LogP) is -0.735. The number of anilines is 1. The molecule has 19 heavy (non-hydrogen) atoms. The Morgan fingerprint density at radius 2 is 2.21 bits per heavy atom. The summed E-state index contributed by atoms with van der Waals surface area (Å²) in [5.74, 6) is 0.696. The number of β-amino-alcohol motifs (C(OH)–C–C–N with tert-alkyl or cyclic N) is 1. The molecule has 0 amide bonds. The van der Waals surface area contributed by atoms with Gasteiger partial charge in [0.15, 0.2) is 5.82 Å². The Hall–Kier alpha value is -1.73. The van der Waals surface area contributed by atoms with Crippen molar-refractivity contribution in [1.29, 1.82) is 5.41 Å². The maximum Gasteiger partial charge on any atom is 0.162 e. The molecule has 0 aliphatic carbocycles. The van der Waals surface area contributed by atoms with Crippen molar-refractivity contribution >= 4 is 11.7 Å². The van der Waals surface area contributed by atoms with Gasteiger partial charge >= 0.3 is 0 Å². The van der Waals surface area contributed by atoms with Crippen LogP contribution < -0.4 is 10.6 Å². The summed E-state index contributed by atoms with van der Waals surface area (Å²) in [7, 11) is 0. The van der Waals surface area contributed by atoms with Crippen molar-refractivity contribution in [3.8, 4) is 0 Å². The van der Waals surface area contributed by atoms with Gasteiger partial charge in [0.25, 0.3) is 0 Å². The van der Waals surface area contributed by atoms with Crippen molar-refractivity contribution in [3.05, 3.63) is 17.8 Å². The van der Waals surface area contributed by atoms with Gasteiger partial charge in [0.2, 0.25) is 0 Å². The zero-order chi connectivity index (χ0) is 13.7. The molecule has 4 N–H and O–H groups in total. The molecule has 0 atom stereocenters. The fraction of sp³-hybridized carbons (Fsp3) is 0.583. The van der Waals surface area contributed by atoms with E-state index in [1.54, 1.807) is 12.3 Å². The molecule has 1 aromatic rings. The first kappa shape index (κ1) is 13.7. The number of rotatable bonds is 4. The van der Waals surface area contributed by atoms with E-state index in [4.69, 9.17) is 16.2 Å². The fourth-order valence-electron chi connectivity index (χ4n) is 2.32. The first-order chi connectivity index (χ1) is 9.22. The number of nitrogen functional groups attached to an aromatic ring is 1. The summed E-state index contributed by atoms with van der Waals surface area (Å²) in [5, 5.41) is 24.6. The van der Waals surface area contributed by atoms with Gasteiger partial charge in [-0.2, -0.15) is 5.10 Å². The minimum Gasteiger partial charge on any atom is -0.395 e. The molecule has 0 unspecified atom stereocenters. The van der Waals surface area contributed by atoms with E-state index in [9.17, 15) is 0 Å². The van der Waals surface area contributed by atoms with Gasteiger partial charge in [-0.25, -0.2) is 0 Å². The van der Waals surface area contributed by atoms with Crippen LogP contribution in [0.4, 0.5) is 5.82 Å². The quantitative estimate of drug-likeness (QED) is 0.489. The lowest BCUT2D eigenvalue weighted by atomic mass is 10.2. The largest absolute Gasteiger partial charge is 0.395 e. The van der Waals surface area contributed by atoms with Gasteiger partial charge in [0.05, 0.1) is 18.4 Å². The van der Waals surface area contributed by atoms with Gasteiger partial charge in [0.1, 0.15) is 5.84 Å². The molecule has 1 aliphatic rings. The zero-order valence-corrected chi connectivity index (χ0v) is 10.9. The standard InChI is InChI=1S/C12H20N6O/c13-11(14)10-2-3-15-16-12(10)18-5-1-4-17(6-7-18)8-9-19/h2-3,19H,1,4-9H2,(H3,13,14). The van der Waals surface area contributed by atoms with E-state index >= 15 is 0 Å². The van der Waals surface area contributed by atoms with Crippen LogP contribution in [0.5, 0.6) is 0 Å². The van der Waals surface area contributed by atoms with Crippen LogP contribution in [-0.4, -0.2) is 65.4 Å². The van der Waals surface area contributed by atoms with E-state index in [-0.39, 0.29) is 12.4 Å². The molecule has 0 radical (unpaired) electrons. The van der Waals surface area contributed by atoms with Crippen LogP contribution in [0, 0.1) is 5.41 Å². The number of nitrogens with zero attached hydrogens (tertiary/aromatic N) is 4.